The molecule has 10 nitrogen and oxygen atoms in total. The number of carbonyl (C=O) groups excluding carboxylic acids is 1. The lowest BCUT2D eigenvalue weighted by atomic mass is 10.2. The third-order valence-electron chi connectivity index (χ3n) is 5.68. The van der Waals surface area contributed by atoms with Crippen LogP contribution in [0.5, 0.6) is 0 Å². The molecule has 0 saturated carbocycles. The van der Waals surface area contributed by atoms with Gasteiger partial charge in [-0.15, -0.1) is 0 Å². The number of imidazole rings is 1. The van der Waals surface area contributed by atoms with Crippen LogP contribution in [0.15, 0.2) is 34.2 Å². The molecule has 1 saturated heterocycles. The summed E-state index contributed by atoms with van der Waals surface area (Å²) in [7, 11) is 3.04. The smallest absolute Gasteiger partial charge is 0.332 e. The molecule has 0 bridgehead atoms. The third-order valence-corrected chi connectivity index (χ3v) is 5.90. The Kier molecular flexibility index (Phi) is 5.81. The molecule has 164 valence electrons. The third kappa shape index (κ3) is 4.07. The summed E-state index contributed by atoms with van der Waals surface area (Å²) < 4.78 is 4.14. The monoisotopic (exact) mass is 445 g/mol. The van der Waals surface area contributed by atoms with Crippen molar-refractivity contribution in [2.24, 2.45) is 14.1 Å². The quantitative estimate of drug-likeness (QED) is 0.570. The number of rotatable bonds is 5. The molecule has 0 unspecified atom stereocenters. The van der Waals surface area contributed by atoms with Crippen LogP contribution in [-0.4, -0.2) is 60.7 Å². The molecule has 31 heavy (non-hydrogen) atoms. The van der Waals surface area contributed by atoms with Crippen LogP contribution in [0.3, 0.4) is 0 Å². The molecule has 0 spiro atoms. The van der Waals surface area contributed by atoms with Crippen molar-refractivity contribution < 1.29 is 4.79 Å². The van der Waals surface area contributed by atoms with Crippen molar-refractivity contribution in [2.45, 2.75) is 19.4 Å². The van der Waals surface area contributed by atoms with Gasteiger partial charge in [0.05, 0.1) is 11.3 Å². The topological polar surface area (TPSA) is 98.3 Å². The molecule has 0 aliphatic carbocycles. The van der Waals surface area contributed by atoms with E-state index in [9.17, 15) is 14.4 Å². The highest BCUT2D eigenvalue weighted by Crippen LogP contribution is 2.17. The summed E-state index contributed by atoms with van der Waals surface area (Å²) in [5, 5.41) is 0.600. The van der Waals surface area contributed by atoms with Gasteiger partial charge in [0.15, 0.2) is 11.2 Å². The van der Waals surface area contributed by atoms with E-state index >= 15 is 0 Å². The van der Waals surface area contributed by atoms with Crippen LogP contribution in [0.2, 0.25) is 5.02 Å². The molecule has 0 atom stereocenters. The van der Waals surface area contributed by atoms with Gasteiger partial charge >= 0.3 is 5.69 Å². The summed E-state index contributed by atoms with van der Waals surface area (Å²) >= 11 is 5.89. The van der Waals surface area contributed by atoms with E-state index in [2.05, 4.69) is 14.9 Å². The van der Waals surface area contributed by atoms with Gasteiger partial charge in [0.2, 0.25) is 5.91 Å². The Morgan fingerprint density at radius 3 is 2.48 bits per heavy atom. The number of halogens is 1. The zero-order valence-electron chi connectivity index (χ0n) is 17.5. The Bertz CT molecular complexity index is 1220. The summed E-state index contributed by atoms with van der Waals surface area (Å²) in [4.78, 5) is 49.7. The molecule has 0 radical (unpaired) electrons. The second-order valence-electron chi connectivity index (χ2n) is 7.62. The van der Waals surface area contributed by atoms with Crippen LogP contribution in [0.25, 0.3) is 11.2 Å². The van der Waals surface area contributed by atoms with E-state index in [1.54, 1.807) is 24.1 Å². The summed E-state index contributed by atoms with van der Waals surface area (Å²) in [5.74, 6) is 0.952. The molecule has 1 aliphatic rings. The lowest BCUT2D eigenvalue weighted by molar-refractivity contribution is -0.131. The van der Waals surface area contributed by atoms with Crippen LogP contribution in [0.1, 0.15) is 12.8 Å². The number of piperazine rings is 1. The average Bonchev–Trinajstić information content (AvgIpc) is 3.21. The first kappa shape index (κ1) is 21.1. The fourth-order valence-electron chi connectivity index (χ4n) is 3.87. The van der Waals surface area contributed by atoms with Crippen LogP contribution < -0.4 is 16.1 Å². The SMILES string of the molecule is Cn1c(=O)c2c(ncn2CCCC(=O)N2CCN(c3ccc(Cl)cn3)CC2)n(C)c1=O. The number of carbonyl (C=O) groups is 1. The van der Waals surface area contributed by atoms with Gasteiger partial charge in [0.1, 0.15) is 5.82 Å². The average molecular weight is 446 g/mol. The highest BCUT2D eigenvalue weighted by Gasteiger charge is 2.22. The first-order valence-electron chi connectivity index (χ1n) is 10.1. The zero-order valence-corrected chi connectivity index (χ0v) is 18.2. The molecule has 4 heterocycles. The summed E-state index contributed by atoms with van der Waals surface area (Å²) in [5.41, 5.74) is -0.0628. The van der Waals surface area contributed by atoms with Crippen molar-refractivity contribution in [3.8, 4) is 0 Å². The predicted octanol–water partition coefficient (Wildman–Crippen LogP) is 0.611. The maximum atomic E-state index is 12.6. The number of hydrogen-bond donors (Lipinski definition) is 0. The van der Waals surface area contributed by atoms with Crippen molar-refractivity contribution in [3.63, 3.8) is 0 Å². The summed E-state index contributed by atoms with van der Waals surface area (Å²) in [6.45, 7) is 3.19. The van der Waals surface area contributed by atoms with Gasteiger partial charge in [-0.05, 0) is 18.6 Å². The van der Waals surface area contributed by atoms with E-state index in [0.717, 1.165) is 23.5 Å². The minimum absolute atomic E-state index is 0.0911. The molecule has 1 amide bonds. The molecular formula is C20H24ClN7O3. The predicted molar refractivity (Wildman–Crippen MR) is 117 cm³/mol. The maximum absolute atomic E-state index is 12.6. The molecule has 3 aromatic heterocycles. The summed E-state index contributed by atoms with van der Waals surface area (Å²) in [6, 6.07) is 3.70. The molecule has 0 aromatic carbocycles. The van der Waals surface area contributed by atoms with Crippen molar-refractivity contribution in [1.29, 1.82) is 0 Å². The second kappa shape index (κ2) is 8.54. The van der Waals surface area contributed by atoms with Crippen LogP contribution in [0, 0.1) is 0 Å². The molecule has 1 fully saturated rings. The Hall–Kier alpha value is -3.14. The van der Waals surface area contributed by atoms with Gasteiger partial charge in [-0.25, -0.2) is 14.8 Å². The van der Waals surface area contributed by atoms with Gasteiger partial charge in [-0.2, -0.15) is 0 Å². The van der Waals surface area contributed by atoms with Crippen molar-refractivity contribution >= 4 is 34.5 Å². The largest absolute Gasteiger partial charge is 0.353 e. The van der Waals surface area contributed by atoms with E-state index in [4.69, 9.17) is 11.6 Å². The van der Waals surface area contributed by atoms with Crippen LogP contribution in [0.4, 0.5) is 5.82 Å². The number of hydrogen-bond acceptors (Lipinski definition) is 6. The lowest BCUT2D eigenvalue weighted by Crippen LogP contribution is -2.49. The Balaban J connectivity index is 1.34. The van der Waals surface area contributed by atoms with Gasteiger partial charge in [-0.1, -0.05) is 11.6 Å². The van der Waals surface area contributed by atoms with Gasteiger partial charge in [0, 0.05) is 59.4 Å². The van der Waals surface area contributed by atoms with Gasteiger partial charge in [0.25, 0.3) is 5.56 Å². The molecule has 11 heteroatoms. The Morgan fingerprint density at radius 2 is 1.81 bits per heavy atom. The molecular weight excluding hydrogens is 422 g/mol. The molecule has 4 rings (SSSR count). The standard InChI is InChI=1S/C20H24ClN7O3/c1-24-18-17(19(30)25(2)20(24)31)28(13-23-18)7-3-4-16(29)27-10-8-26(9-11-27)15-6-5-14(21)12-22-15/h5-6,12-13H,3-4,7-11H2,1-2H3. The van der Waals surface area contributed by atoms with Crippen molar-refractivity contribution in [3.05, 3.63) is 50.5 Å². The number of anilines is 1. The zero-order chi connectivity index (χ0) is 22.1. The van der Waals surface area contributed by atoms with Gasteiger partial charge in [-0.3, -0.25) is 18.7 Å². The van der Waals surface area contributed by atoms with Crippen molar-refractivity contribution in [1.82, 2.24) is 28.6 Å². The van der Waals surface area contributed by atoms with E-state index in [1.807, 2.05) is 17.0 Å². The number of fused-ring (bicyclic) bond motifs is 1. The highest BCUT2D eigenvalue weighted by molar-refractivity contribution is 6.30. The van der Waals surface area contributed by atoms with Crippen LogP contribution >= 0.6 is 11.6 Å². The Morgan fingerprint density at radius 1 is 1.06 bits per heavy atom. The fourth-order valence-corrected chi connectivity index (χ4v) is 3.98. The van der Waals surface area contributed by atoms with E-state index in [0.29, 0.717) is 48.7 Å². The minimum atomic E-state index is -0.411. The normalized spacial score (nSPS) is 14.4. The number of nitrogens with zero attached hydrogens (tertiary/aromatic N) is 7. The number of pyridine rings is 1. The number of aryl methyl sites for hydroxylation is 2. The minimum Gasteiger partial charge on any atom is -0.353 e. The molecule has 1 aliphatic heterocycles. The number of amides is 1. The van der Waals surface area contributed by atoms with E-state index < -0.39 is 5.69 Å². The van der Waals surface area contributed by atoms with Crippen LogP contribution in [-0.2, 0) is 25.4 Å². The first-order chi connectivity index (χ1) is 14.9. The van der Waals surface area contributed by atoms with Crippen molar-refractivity contribution in [2.75, 3.05) is 31.1 Å². The number of aromatic nitrogens is 5. The van der Waals surface area contributed by atoms with Gasteiger partial charge < -0.3 is 14.4 Å². The maximum Gasteiger partial charge on any atom is 0.332 e. The van der Waals surface area contributed by atoms with E-state index in [1.165, 1.54) is 11.6 Å². The molecule has 0 N–H and O–H groups in total. The second-order valence-corrected chi connectivity index (χ2v) is 8.06. The van der Waals surface area contributed by atoms with E-state index in [-0.39, 0.29) is 11.5 Å². The highest BCUT2D eigenvalue weighted by atomic mass is 35.5. The Labute approximate surface area is 183 Å². The lowest BCUT2D eigenvalue weighted by Gasteiger charge is -2.35. The first-order valence-corrected chi connectivity index (χ1v) is 10.5. The fraction of sp³-hybridized carbons (Fsp3) is 0.450. The summed E-state index contributed by atoms with van der Waals surface area (Å²) in [6.07, 6.45) is 4.13. The molecule has 3 aromatic rings.